The number of nitrogens with zero attached hydrogens (tertiary/aromatic N) is 2. The summed E-state index contributed by atoms with van der Waals surface area (Å²) in [5.41, 5.74) is 0. The van der Waals surface area contributed by atoms with Crippen LogP contribution in [0.4, 0.5) is 0 Å². The lowest BCUT2D eigenvalue weighted by molar-refractivity contribution is -0.131. The summed E-state index contributed by atoms with van der Waals surface area (Å²) in [5, 5.41) is 8.48. The third-order valence-corrected chi connectivity index (χ3v) is 3.30. The van der Waals surface area contributed by atoms with E-state index in [0.29, 0.717) is 0 Å². The zero-order valence-corrected chi connectivity index (χ0v) is 8.93. The van der Waals surface area contributed by atoms with E-state index in [2.05, 4.69) is 9.80 Å². The van der Waals surface area contributed by atoms with Gasteiger partial charge in [0.05, 0.1) is 0 Å². The fraction of sp³-hybridized carbons (Fsp3) is 0.727. The molecule has 4 heteroatoms. The normalized spacial score (nSPS) is 28.4. The lowest BCUT2D eigenvalue weighted by atomic mass is 10.1. The Morgan fingerprint density at radius 3 is 3.07 bits per heavy atom. The third kappa shape index (κ3) is 2.79. The van der Waals surface area contributed by atoms with Gasteiger partial charge in [-0.25, -0.2) is 4.79 Å². The fourth-order valence-corrected chi connectivity index (χ4v) is 2.52. The zero-order chi connectivity index (χ0) is 10.7. The van der Waals surface area contributed by atoms with Crippen molar-refractivity contribution in [1.29, 1.82) is 0 Å². The van der Waals surface area contributed by atoms with Gasteiger partial charge < -0.3 is 5.11 Å². The second-order valence-electron chi connectivity index (χ2n) is 4.33. The van der Waals surface area contributed by atoms with Crippen molar-refractivity contribution in [3.63, 3.8) is 0 Å². The van der Waals surface area contributed by atoms with Gasteiger partial charge in [-0.05, 0) is 19.4 Å². The summed E-state index contributed by atoms with van der Waals surface area (Å²) in [7, 11) is 0. The minimum absolute atomic E-state index is 0.719. The predicted octanol–water partition coefficient (Wildman–Crippen LogP) is 0.407. The predicted molar refractivity (Wildman–Crippen MR) is 57.8 cm³/mol. The molecule has 2 heterocycles. The maximum absolute atomic E-state index is 10.3. The van der Waals surface area contributed by atoms with Crippen LogP contribution >= 0.6 is 0 Å². The van der Waals surface area contributed by atoms with Crippen LogP contribution in [-0.2, 0) is 4.79 Å². The lowest BCUT2D eigenvalue weighted by Gasteiger charge is -2.36. The highest BCUT2D eigenvalue weighted by molar-refractivity contribution is 5.79. The zero-order valence-electron chi connectivity index (χ0n) is 8.93. The maximum Gasteiger partial charge on any atom is 0.328 e. The average Bonchev–Trinajstić information content (AvgIpc) is 2.64. The molecular formula is C11H18N2O2. The average molecular weight is 210 g/mol. The van der Waals surface area contributed by atoms with E-state index in [1.165, 1.54) is 25.5 Å². The molecule has 2 aliphatic heterocycles. The molecule has 4 nitrogen and oxygen atoms in total. The standard InChI is InChI=1S/C11H18N2O2/c14-11(15)4-2-5-12-7-8-13-6-1-3-10(13)9-12/h2,4,10H,1,3,5-9H2,(H,14,15)/b4-2+. The summed E-state index contributed by atoms with van der Waals surface area (Å²) in [5.74, 6) is -0.852. The molecule has 84 valence electrons. The van der Waals surface area contributed by atoms with Gasteiger partial charge >= 0.3 is 5.97 Å². The van der Waals surface area contributed by atoms with Crippen molar-refractivity contribution in [2.75, 3.05) is 32.7 Å². The molecule has 15 heavy (non-hydrogen) atoms. The van der Waals surface area contributed by atoms with Crippen molar-refractivity contribution in [2.24, 2.45) is 0 Å². The first-order valence-corrected chi connectivity index (χ1v) is 5.61. The molecule has 2 fully saturated rings. The Balaban J connectivity index is 1.78. The van der Waals surface area contributed by atoms with E-state index in [0.717, 1.165) is 32.2 Å². The second-order valence-corrected chi connectivity index (χ2v) is 4.33. The molecule has 0 radical (unpaired) electrons. The van der Waals surface area contributed by atoms with Crippen LogP contribution in [0.15, 0.2) is 12.2 Å². The highest BCUT2D eigenvalue weighted by Crippen LogP contribution is 2.21. The number of hydrogen-bond donors (Lipinski definition) is 1. The number of aliphatic carboxylic acids is 1. The van der Waals surface area contributed by atoms with E-state index in [9.17, 15) is 4.79 Å². The topological polar surface area (TPSA) is 43.8 Å². The van der Waals surface area contributed by atoms with E-state index in [1.54, 1.807) is 6.08 Å². The van der Waals surface area contributed by atoms with Gasteiger partial charge in [-0.3, -0.25) is 9.80 Å². The first kappa shape index (κ1) is 10.6. The monoisotopic (exact) mass is 210 g/mol. The summed E-state index contributed by atoms with van der Waals surface area (Å²) in [6.45, 7) is 5.34. The molecule has 0 aromatic heterocycles. The van der Waals surface area contributed by atoms with Crippen molar-refractivity contribution in [3.05, 3.63) is 12.2 Å². The van der Waals surface area contributed by atoms with Gasteiger partial charge in [0.1, 0.15) is 0 Å². The Bertz CT molecular complexity index is 265. The Morgan fingerprint density at radius 2 is 2.27 bits per heavy atom. The van der Waals surface area contributed by atoms with Crippen molar-refractivity contribution >= 4 is 5.97 Å². The number of carboxylic acids is 1. The largest absolute Gasteiger partial charge is 0.478 e. The van der Waals surface area contributed by atoms with Crippen molar-refractivity contribution in [3.8, 4) is 0 Å². The minimum Gasteiger partial charge on any atom is -0.478 e. The van der Waals surface area contributed by atoms with E-state index in [1.807, 2.05) is 0 Å². The Morgan fingerprint density at radius 1 is 1.40 bits per heavy atom. The molecule has 0 aromatic rings. The van der Waals surface area contributed by atoms with Crippen molar-refractivity contribution in [1.82, 2.24) is 9.80 Å². The molecule has 1 unspecified atom stereocenters. The van der Waals surface area contributed by atoms with Gasteiger partial charge in [0.2, 0.25) is 0 Å². The van der Waals surface area contributed by atoms with Crippen LogP contribution < -0.4 is 0 Å². The summed E-state index contributed by atoms with van der Waals surface area (Å²) < 4.78 is 0. The van der Waals surface area contributed by atoms with Crippen LogP contribution in [0.5, 0.6) is 0 Å². The van der Waals surface area contributed by atoms with E-state index >= 15 is 0 Å². The first-order chi connectivity index (χ1) is 7.25. The summed E-state index contributed by atoms with van der Waals surface area (Å²) >= 11 is 0. The summed E-state index contributed by atoms with van der Waals surface area (Å²) in [6, 6.07) is 0.719. The van der Waals surface area contributed by atoms with Gasteiger partial charge in [0.15, 0.2) is 0 Å². The second kappa shape index (κ2) is 4.77. The smallest absolute Gasteiger partial charge is 0.328 e. The quantitative estimate of drug-likeness (QED) is 0.685. The van der Waals surface area contributed by atoms with Crippen molar-refractivity contribution in [2.45, 2.75) is 18.9 Å². The number of piperazine rings is 1. The minimum atomic E-state index is -0.852. The van der Waals surface area contributed by atoms with Crippen LogP contribution in [0, 0.1) is 0 Å². The highest BCUT2D eigenvalue weighted by atomic mass is 16.4. The van der Waals surface area contributed by atoms with Gasteiger partial charge in [-0.15, -0.1) is 0 Å². The molecular weight excluding hydrogens is 192 g/mol. The molecule has 2 saturated heterocycles. The van der Waals surface area contributed by atoms with Crippen LogP contribution in [-0.4, -0.2) is 59.6 Å². The van der Waals surface area contributed by atoms with Crippen LogP contribution in [0.2, 0.25) is 0 Å². The third-order valence-electron chi connectivity index (χ3n) is 3.30. The van der Waals surface area contributed by atoms with Crippen LogP contribution in [0.1, 0.15) is 12.8 Å². The molecule has 2 aliphatic rings. The summed E-state index contributed by atoms with van der Waals surface area (Å²) in [4.78, 5) is 15.2. The highest BCUT2D eigenvalue weighted by Gasteiger charge is 2.29. The number of rotatable bonds is 3. The molecule has 1 atom stereocenters. The van der Waals surface area contributed by atoms with Gasteiger partial charge in [0, 0.05) is 38.3 Å². The van der Waals surface area contributed by atoms with Crippen LogP contribution in [0.25, 0.3) is 0 Å². The van der Waals surface area contributed by atoms with E-state index in [-0.39, 0.29) is 0 Å². The van der Waals surface area contributed by atoms with Crippen molar-refractivity contribution < 1.29 is 9.90 Å². The van der Waals surface area contributed by atoms with Gasteiger partial charge in [0.25, 0.3) is 0 Å². The molecule has 2 rings (SSSR count). The number of carbonyl (C=O) groups is 1. The van der Waals surface area contributed by atoms with Gasteiger partial charge in [-0.2, -0.15) is 0 Å². The summed E-state index contributed by atoms with van der Waals surface area (Å²) in [6.07, 6.45) is 5.61. The Hall–Kier alpha value is -0.870. The molecule has 0 aliphatic carbocycles. The molecule has 0 amide bonds. The first-order valence-electron chi connectivity index (χ1n) is 5.61. The van der Waals surface area contributed by atoms with E-state index in [4.69, 9.17) is 5.11 Å². The molecule has 0 bridgehead atoms. The van der Waals surface area contributed by atoms with Crippen LogP contribution in [0.3, 0.4) is 0 Å². The SMILES string of the molecule is O=C(O)/C=C/CN1CCN2CCCC2C1. The number of carboxylic acid groups (broad SMARTS) is 1. The molecule has 0 aromatic carbocycles. The Labute approximate surface area is 90.2 Å². The van der Waals surface area contributed by atoms with Gasteiger partial charge in [-0.1, -0.05) is 6.08 Å². The molecule has 0 spiro atoms. The maximum atomic E-state index is 10.3. The molecule has 0 saturated carbocycles. The lowest BCUT2D eigenvalue weighted by Crippen LogP contribution is -2.49. The number of fused-ring (bicyclic) bond motifs is 1. The fourth-order valence-electron chi connectivity index (χ4n) is 2.52. The Kier molecular flexibility index (Phi) is 3.38. The van der Waals surface area contributed by atoms with E-state index < -0.39 is 5.97 Å². The molecule has 1 N–H and O–H groups in total. The number of hydrogen-bond acceptors (Lipinski definition) is 3.